The molecule has 0 unspecified atom stereocenters. The molecule has 0 bridgehead atoms. The van der Waals surface area contributed by atoms with Gasteiger partial charge in [0.1, 0.15) is 11.4 Å². The topological polar surface area (TPSA) is 89.2 Å². The maximum absolute atomic E-state index is 12.5. The molecule has 112 valence electrons. The molecule has 0 spiro atoms. The minimum Gasteiger partial charge on any atom is -0.477 e. The zero-order chi connectivity index (χ0) is 14.3. The van der Waals surface area contributed by atoms with Crippen molar-refractivity contribution < 1.29 is 9.90 Å². The van der Waals surface area contributed by atoms with Crippen LogP contribution in [0.2, 0.25) is 0 Å². The third kappa shape index (κ3) is 2.45. The van der Waals surface area contributed by atoms with Gasteiger partial charge in [0.25, 0.3) is 5.56 Å². The van der Waals surface area contributed by atoms with Gasteiger partial charge in [0.05, 0.1) is 6.20 Å². The van der Waals surface area contributed by atoms with Crippen LogP contribution in [-0.2, 0) is 20.0 Å². The molecule has 7 nitrogen and oxygen atoms in total. The molecule has 2 N–H and O–H groups in total. The first-order chi connectivity index (χ1) is 9.59. The molecule has 0 atom stereocenters. The summed E-state index contributed by atoms with van der Waals surface area (Å²) >= 11 is 0. The number of nitrogens with zero attached hydrogens (tertiary/aromatic N) is 3. The van der Waals surface area contributed by atoms with Gasteiger partial charge in [0.2, 0.25) is 0 Å². The van der Waals surface area contributed by atoms with Gasteiger partial charge in [-0.15, -0.1) is 12.4 Å². The number of hydrogen-bond acceptors (Lipinski definition) is 4. The van der Waals surface area contributed by atoms with E-state index < -0.39 is 11.5 Å². The Hall–Kier alpha value is -2.12. The van der Waals surface area contributed by atoms with Crippen molar-refractivity contribution in [3.8, 4) is 5.82 Å². The summed E-state index contributed by atoms with van der Waals surface area (Å²) in [5.74, 6) is -0.629. The van der Waals surface area contributed by atoms with Crippen molar-refractivity contribution in [3.63, 3.8) is 0 Å². The van der Waals surface area contributed by atoms with Crippen LogP contribution in [-0.4, -0.2) is 32.0 Å². The number of carboxylic acid groups (broad SMARTS) is 1. The van der Waals surface area contributed by atoms with Crippen LogP contribution < -0.4 is 10.9 Å². The molecule has 8 heteroatoms. The number of rotatable bonds is 2. The van der Waals surface area contributed by atoms with Gasteiger partial charge in [-0.2, -0.15) is 5.10 Å². The number of halogens is 1. The number of hydrogen-bond donors (Lipinski definition) is 2. The Bertz CT molecular complexity index is 750. The highest BCUT2D eigenvalue weighted by Crippen LogP contribution is 2.17. The minimum atomic E-state index is -1.18. The molecule has 0 radical (unpaired) electrons. The third-order valence-electron chi connectivity index (χ3n) is 3.53. The van der Waals surface area contributed by atoms with Crippen molar-refractivity contribution in [1.82, 2.24) is 19.7 Å². The number of aryl methyl sites for hydroxylation is 1. The van der Waals surface area contributed by atoms with E-state index in [2.05, 4.69) is 10.4 Å². The van der Waals surface area contributed by atoms with Gasteiger partial charge < -0.3 is 10.4 Å². The van der Waals surface area contributed by atoms with E-state index in [0.29, 0.717) is 30.9 Å². The molecule has 0 saturated carbocycles. The lowest BCUT2D eigenvalue weighted by Crippen LogP contribution is -2.34. The van der Waals surface area contributed by atoms with E-state index in [0.717, 1.165) is 5.56 Å². The third-order valence-corrected chi connectivity index (χ3v) is 3.53. The Labute approximate surface area is 126 Å². The van der Waals surface area contributed by atoms with Crippen LogP contribution in [0.4, 0.5) is 0 Å². The SMILES string of the molecule is Cl.Cn1nccc1-n1cc2c(c(C(=O)O)c1=O)CCNC2. The predicted molar refractivity (Wildman–Crippen MR) is 78.4 cm³/mol. The highest BCUT2D eigenvalue weighted by Gasteiger charge is 2.23. The van der Waals surface area contributed by atoms with E-state index in [1.165, 1.54) is 9.25 Å². The molecule has 0 saturated heterocycles. The lowest BCUT2D eigenvalue weighted by Gasteiger charge is -2.20. The Morgan fingerprint density at radius 1 is 1.48 bits per heavy atom. The zero-order valence-electron chi connectivity index (χ0n) is 11.4. The highest BCUT2D eigenvalue weighted by atomic mass is 35.5. The summed E-state index contributed by atoms with van der Waals surface area (Å²) in [6, 6.07) is 1.68. The molecule has 2 aromatic rings. The number of aromatic carboxylic acids is 1. The normalized spacial score (nSPS) is 13.4. The second-order valence-electron chi connectivity index (χ2n) is 4.73. The number of nitrogens with one attached hydrogen (secondary N) is 1. The van der Waals surface area contributed by atoms with Crippen LogP contribution >= 0.6 is 12.4 Å². The van der Waals surface area contributed by atoms with Crippen LogP contribution in [0, 0.1) is 0 Å². The fourth-order valence-corrected chi connectivity index (χ4v) is 2.57. The molecule has 1 aliphatic rings. The Morgan fingerprint density at radius 2 is 2.24 bits per heavy atom. The van der Waals surface area contributed by atoms with E-state index in [-0.39, 0.29) is 18.0 Å². The Kier molecular flexibility index (Phi) is 4.15. The summed E-state index contributed by atoms with van der Waals surface area (Å²) in [6.45, 7) is 1.25. The quantitative estimate of drug-likeness (QED) is 0.835. The number of pyridine rings is 1. The van der Waals surface area contributed by atoms with E-state index in [1.807, 2.05) is 0 Å². The highest BCUT2D eigenvalue weighted by molar-refractivity contribution is 5.89. The van der Waals surface area contributed by atoms with E-state index in [4.69, 9.17) is 0 Å². The van der Waals surface area contributed by atoms with Crippen LogP contribution in [0.5, 0.6) is 0 Å². The average molecular weight is 311 g/mol. The van der Waals surface area contributed by atoms with Gasteiger partial charge in [-0.1, -0.05) is 0 Å². The molecule has 3 rings (SSSR count). The van der Waals surface area contributed by atoms with Crippen molar-refractivity contribution >= 4 is 18.4 Å². The molecule has 2 aromatic heterocycles. The lowest BCUT2D eigenvalue weighted by molar-refractivity contribution is 0.0693. The van der Waals surface area contributed by atoms with Crippen LogP contribution in [0.25, 0.3) is 5.82 Å². The fourth-order valence-electron chi connectivity index (χ4n) is 2.57. The van der Waals surface area contributed by atoms with Gasteiger partial charge in [-0.05, 0) is 24.1 Å². The fraction of sp³-hybridized carbons (Fsp3) is 0.308. The molecule has 0 amide bonds. The molecule has 1 aliphatic heterocycles. The zero-order valence-corrected chi connectivity index (χ0v) is 12.2. The van der Waals surface area contributed by atoms with Crippen LogP contribution in [0.15, 0.2) is 23.3 Å². The summed E-state index contributed by atoms with van der Waals surface area (Å²) in [5, 5.41) is 16.6. The maximum Gasteiger partial charge on any atom is 0.341 e. The van der Waals surface area contributed by atoms with E-state index >= 15 is 0 Å². The van der Waals surface area contributed by atoms with Gasteiger partial charge in [0, 0.05) is 25.9 Å². The van der Waals surface area contributed by atoms with Crippen molar-refractivity contribution in [2.24, 2.45) is 7.05 Å². The second-order valence-corrected chi connectivity index (χ2v) is 4.73. The summed E-state index contributed by atoms with van der Waals surface area (Å²) in [6.07, 6.45) is 3.83. The average Bonchev–Trinajstić information content (AvgIpc) is 2.83. The summed E-state index contributed by atoms with van der Waals surface area (Å²) in [7, 11) is 1.71. The van der Waals surface area contributed by atoms with Gasteiger partial charge >= 0.3 is 5.97 Å². The van der Waals surface area contributed by atoms with Gasteiger partial charge in [0.15, 0.2) is 0 Å². The monoisotopic (exact) mass is 310 g/mol. The number of fused-ring (bicyclic) bond motifs is 1. The lowest BCUT2D eigenvalue weighted by atomic mass is 9.98. The van der Waals surface area contributed by atoms with Crippen LogP contribution in [0.3, 0.4) is 0 Å². The molecule has 0 aromatic carbocycles. The first kappa shape index (κ1) is 15.3. The van der Waals surface area contributed by atoms with E-state index in [9.17, 15) is 14.7 Å². The molecule has 0 fully saturated rings. The first-order valence-electron chi connectivity index (χ1n) is 6.29. The molecular weight excluding hydrogens is 296 g/mol. The predicted octanol–water partition coefficient (Wildman–Crippen LogP) is 0.337. The number of carbonyl (C=O) groups is 1. The first-order valence-corrected chi connectivity index (χ1v) is 6.29. The minimum absolute atomic E-state index is 0. The van der Waals surface area contributed by atoms with Gasteiger partial charge in [-0.25, -0.2) is 4.79 Å². The Morgan fingerprint density at radius 3 is 2.86 bits per heavy atom. The van der Waals surface area contributed by atoms with Crippen LogP contribution in [0.1, 0.15) is 21.5 Å². The molecular formula is C13H15ClN4O3. The Balaban J connectivity index is 0.00000161. The molecule has 0 aliphatic carbocycles. The summed E-state index contributed by atoms with van der Waals surface area (Å²) in [5.41, 5.74) is 0.834. The molecule has 3 heterocycles. The second kappa shape index (κ2) is 5.71. The van der Waals surface area contributed by atoms with Gasteiger partial charge in [-0.3, -0.25) is 14.0 Å². The van der Waals surface area contributed by atoms with Crippen molar-refractivity contribution in [3.05, 3.63) is 45.5 Å². The molecule has 21 heavy (non-hydrogen) atoms. The standard InChI is InChI=1S/C13H14N4O3.ClH/c1-16-10(3-5-15-16)17-7-8-6-14-4-2-9(8)11(12(17)18)13(19)20;/h3,5,7,14H,2,4,6H2,1H3,(H,19,20);1H. The van der Waals surface area contributed by atoms with E-state index in [1.54, 1.807) is 25.5 Å². The summed E-state index contributed by atoms with van der Waals surface area (Å²) in [4.78, 5) is 23.9. The van der Waals surface area contributed by atoms with Crippen molar-refractivity contribution in [1.29, 1.82) is 0 Å². The van der Waals surface area contributed by atoms with Crippen molar-refractivity contribution in [2.45, 2.75) is 13.0 Å². The largest absolute Gasteiger partial charge is 0.477 e. The smallest absolute Gasteiger partial charge is 0.341 e. The number of aromatic nitrogens is 3. The summed E-state index contributed by atoms with van der Waals surface area (Å²) < 4.78 is 2.89. The number of carboxylic acids is 1. The maximum atomic E-state index is 12.5. The van der Waals surface area contributed by atoms with Crippen molar-refractivity contribution in [2.75, 3.05) is 6.54 Å².